The van der Waals surface area contributed by atoms with Crippen molar-refractivity contribution in [1.29, 1.82) is 0 Å². The fourth-order valence-electron chi connectivity index (χ4n) is 1.69. The molecule has 0 aliphatic rings. The number of hydrogen-bond donors (Lipinski definition) is 3. The van der Waals surface area contributed by atoms with E-state index in [1.807, 2.05) is 12.1 Å². The van der Waals surface area contributed by atoms with Gasteiger partial charge in [0, 0.05) is 13.2 Å². The number of aliphatic hydroxyl groups excluding tert-OH is 1. The van der Waals surface area contributed by atoms with Crippen molar-refractivity contribution in [2.75, 3.05) is 18.5 Å². The number of urea groups is 1. The van der Waals surface area contributed by atoms with Crippen LogP contribution < -0.4 is 10.6 Å². The van der Waals surface area contributed by atoms with Gasteiger partial charge in [0.1, 0.15) is 0 Å². The minimum Gasteiger partial charge on any atom is -0.396 e. The highest BCUT2D eigenvalue weighted by Gasteiger charge is 2.18. The van der Waals surface area contributed by atoms with E-state index < -0.39 is 0 Å². The highest BCUT2D eigenvalue weighted by molar-refractivity contribution is 6.33. The van der Waals surface area contributed by atoms with Gasteiger partial charge in [-0.2, -0.15) is 0 Å². The lowest BCUT2D eigenvalue weighted by atomic mass is 9.88. The second kappa shape index (κ2) is 7.36. The number of aliphatic hydroxyl groups is 1. The summed E-state index contributed by atoms with van der Waals surface area (Å²) in [6.07, 6.45) is 1.59. The number of para-hydroxylation sites is 1. The highest BCUT2D eigenvalue weighted by atomic mass is 35.5. The number of halogens is 1. The SMILES string of the molecule is CC(C)(CCCO)CNC(=O)Nc1ccccc1Cl. The van der Waals surface area contributed by atoms with Crippen molar-refractivity contribution in [3.8, 4) is 0 Å². The Morgan fingerprint density at radius 2 is 2.05 bits per heavy atom. The van der Waals surface area contributed by atoms with Gasteiger partial charge in [-0.15, -0.1) is 0 Å². The molecule has 0 aromatic heterocycles. The summed E-state index contributed by atoms with van der Waals surface area (Å²) >= 11 is 5.96. The van der Waals surface area contributed by atoms with Gasteiger partial charge in [0.2, 0.25) is 0 Å². The molecule has 0 heterocycles. The van der Waals surface area contributed by atoms with E-state index in [4.69, 9.17) is 16.7 Å². The molecule has 0 atom stereocenters. The fraction of sp³-hybridized carbons (Fsp3) is 0.500. The van der Waals surface area contributed by atoms with Crippen molar-refractivity contribution in [1.82, 2.24) is 5.32 Å². The predicted octanol–water partition coefficient (Wildman–Crippen LogP) is 3.26. The molecule has 0 unspecified atom stereocenters. The topological polar surface area (TPSA) is 61.4 Å². The average Bonchev–Trinajstić information content (AvgIpc) is 2.37. The van der Waals surface area contributed by atoms with Gasteiger partial charge in [-0.05, 0) is 30.4 Å². The van der Waals surface area contributed by atoms with E-state index in [1.54, 1.807) is 12.1 Å². The standard InChI is InChI=1S/C14H21ClN2O2/c1-14(2,8-5-9-18)10-16-13(19)17-12-7-4-3-6-11(12)15/h3-4,6-7,18H,5,8-10H2,1-2H3,(H2,16,17,19). The number of carbonyl (C=O) groups is 1. The molecule has 0 spiro atoms. The first-order chi connectivity index (χ1) is 8.94. The van der Waals surface area contributed by atoms with E-state index in [0.29, 0.717) is 17.3 Å². The molecule has 3 N–H and O–H groups in total. The summed E-state index contributed by atoms with van der Waals surface area (Å²) in [6.45, 7) is 4.83. The van der Waals surface area contributed by atoms with Gasteiger partial charge in [0.15, 0.2) is 0 Å². The highest BCUT2D eigenvalue weighted by Crippen LogP contribution is 2.22. The van der Waals surface area contributed by atoms with Gasteiger partial charge in [-0.25, -0.2) is 4.79 Å². The van der Waals surface area contributed by atoms with Gasteiger partial charge >= 0.3 is 6.03 Å². The van der Waals surface area contributed by atoms with E-state index in [9.17, 15) is 4.79 Å². The Kier molecular flexibility index (Phi) is 6.12. The molecule has 1 rings (SSSR count). The number of benzene rings is 1. The zero-order valence-electron chi connectivity index (χ0n) is 11.4. The van der Waals surface area contributed by atoms with Crippen molar-refractivity contribution in [3.63, 3.8) is 0 Å². The second-order valence-corrected chi connectivity index (χ2v) is 5.69. The lowest BCUT2D eigenvalue weighted by Crippen LogP contribution is -2.36. The molecule has 0 aliphatic carbocycles. The van der Waals surface area contributed by atoms with Crippen LogP contribution in [0, 0.1) is 5.41 Å². The first-order valence-electron chi connectivity index (χ1n) is 6.35. The Morgan fingerprint density at radius 3 is 2.68 bits per heavy atom. The molecule has 0 aliphatic heterocycles. The number of carbonyl (C=O) groups excluding carboxylic acids is 1. The molecular weight excluding hydrogens is 264 g/mol. The van der Waals surface area contributed by atoms with Crippen LogP contribution in [0.1, 0.15) is 26.7 Å². The summed E-state index contributed by atoms with van der Waals surface area (Å²) in [6, 6.07) is 6.82. The summed E-state index contributed by atoms with van der Waals surface area (Å²) in [4.78, 5) is 11.8. The predicted molar refractivity (Wildman–Crippen MR) is 78.6 cm³/mol. The zero-order chi connectivity index (χ0) is 14.3. The molecule has 0 bridgehead atoms. The first-order valence-corrected chi connectivity index (χ1v) is 6.73. The summed E-state index contributed by atoms with van der Waals surface area (Å²) in [5, 5.41) is 14.9. The summed E-state index contributed by atoms with van der Waals surface area (Å²) in [5.74, 6) is 0. The minimum absolute atomic E-state index is 0.0411. The maximum absolute atomic E-state index is 11.8. The van der Waals surface area contributed by atoms with Crippen molar-refractivity contribution in [3.05, 3.63) is 29.3 Å². The summed E-state index contributed by atoms with van der Waals surface area (Å²) in [5.41, 5.74) is 0.551. The molecule has 0 radical (unpaired) electrons. The smallest absolute Gasteiger partial charge is 0.319 e. The van der Waals surface area contributed by atoms with Gasteiger partial charge in [0.25, 0.3) is 0 Å². The van der Waals surface area contributed by atoms with Crippen molar-refractivity contribution >= 4 is 23.3 Å². The molecule has 5 heteroatoms. The number of anilines is 1. The van der Waals surface area contributed by atoms with E-state index in [1.165, 1.54) is 0 Å². The van der Waals surface area contributed by atoms with Gasteiger partial charge in [-0.3, -0.25) is 0 Å². The van der Waals surface area contributed by atoms with E-state index in [-0.39, 0.29) is 18.1 Å². The molecule has 0 saturated heterocycles. The summed E-state index contributed by atoms with van der Waals surface area (Å²) in [7, 11) is 0. The largest absolute Gasteiger partial charge is 0.396 e. The Hall–Kier alpha value is -1.26. The van der Waals surface area contributed by atoms with Crippen LogP contribution in [0.15, 0.2) is 24.3 Å². The molecule has 19 heavy (non-hydrogen) atoms. The summed E-state index contributed by atoms with van der Waals surface area (Å²) < 4.78 is 0. The maximum atomic E-state index is 11.8. The minimum atomic E-state index is -0.273. The Balaban J connectivity index is 2.42. The second-order valence-electron chi connectivity index (χ2n) is 5.28. The van der Waals surface area contributed by atoms with Crippen LogP contribution in [-0.4, -0.2) is 24.3 Å². The van der Waals surface area contributed by atoms with Gasteiger partial charge < -0.3 is 15.7 Å². The number of rotatable bonds is 6. The van der Waals surface area contributed by atoms with Crippen LogP contribution in [0.2, 0.25) is 5.02 Å². The monoisotopic (exact) mass is 284 g/mol. The number of amides is 2. The lowest BCUT2D eigenvalue weighted by Gasteiger charge is -2.24. The van der Waals surface area contributed by atoms with Crippen molar-refractivity contribution in [2.45, 2.75) is 26.7 Å². The molecule has 4 nitrogen and oxygen atoms in total. The number of hydrogen-bond acceptors (Lipinski definition) is 2. The molecule has 0 fully saturated rings. The third-order valence-electron chi connectivity index (χ3n) is 2.86. The fourth-order valence-corrected chi connectivity index (χ4v) is 1.88. The Bertz CT molecular complexity index is 422. The molecule has 2 amide bonds. The Morgan fingerprint density at radius 1 is 1.37 bits per heavy atom. The van der Waals surface area contributed by atoms with Crippen LogP contribution >= 0.6 is 11.6 Å². The third kappa shape index (κ3) is 5.94. The lowest BCUT2D eigenvalue weighted by molar-refractivity contribution is 0.227. The third-order valence-corrected chi connectivity index (χ3v) is 3.19. The van der Waals surface area contributed by atoms with E-state index >= 15 is 0 Å². The van der Waals surface area contributed by atoms with E-state index in [2.05, 4.69) is 24.5 Å². The van der Waals surface area contributed by atoms with Crippen LogP contribution in [-0.2, 0) is 0 Å². The quantitative estimate of drug-likeness (QED) is 0.751. The van der Waals surface area contributed by atoms with Gasteiger partial charge in [-0.1, -0.05) is 37.6 Å². The molecule has 106 valence electrons. The van der Waals surface area contributed by atoms with Crippen LogP contribution in [0.4, 0.5) is 10.5 Å². The van der Waals surface area contributed by atoms with E-state index in [0.717, 1.165) is 12.8 Å². The number of nitrogens with one attached hydrogen (secondary N) is 2. The first kappa shape index (κ1) is 15.8. The van der Waals surface area contributed by atoms with Crippen molar-refractivity contribution < 1.29 is 9.90 Å². The average molecular weight is 285 g/mol. The molecule has 1 aromatic rings. The van der Waals surface area contributed by atoms with Gasteiger partial charge in [0.05, 0.1) is 10.7 Å². The van der Waals surface area contributed by atoms with Crippen LogP contribution in [0.3, 0.4) is 0 Å². The van der Waals surface area contributed by atoms with Crippen LogP contribution in [0.5, 0.6) is 0 Å². The normalized spacial score (nSPS) is 11.2. The van der Waals surface area contributed by atoms with Crippen molar-refractivity contribution in [2.24, 2.45) is 5.41 Å². The molecule has 1 aromatic carbocycles. The zero-order valence-corrected chi connectivity index (χ0v) is 12.1. The molecular formula is C14H21ClN2O2. The molecule has 0 saturated carbocycles. The Labute approximate surface area is 119 Å². The maximum Gasteiger partial charge on any atom is 0.319 e. The van der Waals surface area contributed by atoms with Crippen LogP contribution in [0.25, 0.3) is 0 Å².